The molecule has 0 radical (unpaired) electrons. The first-order valence-corrected chi connectivity index (χ1v) is 12.5. The highest BCUT2D eigenvalue weighted by molar-refractivity contribution is 6.29. The Kier molecular flexibility index (Phi) is 6.36. The monoisotopic (exact) mass is 517 g/mol. The lowest BCUT2D eigenvalue weighted by molar-refractivity contribution is 0.0905. The van der Waals surface area contributed by atoms with Gasteiger partial charge in [-0.2, -0.15) is 5.10 Å². The lowest BCUT2D eigenvalue weighted by atomic mass is 9.84. The van der Waals surface area contributed by atoms with Crippen LogP contribution in [0, 0.1) is 6.92 Å². The molecule has 0 atom stereocenters. The van der Waals surface area contributed by atoms with Crippen molar-refractivity contribution >= 4 is 23.3 Å². The van der Waals surface area contributed by atoms with Crippen molar-refractivity contribution < 1.29 is 4.79 Å². The Balaban J connectivity index is 1.53. The van der Waals surface area contributed by atoms with E-state index in [1.807, 2.05) is 32.9 Å². The van der Waals surface area contributed by atoms with Gasteiger partial charge in [0.25, 0.3) is 5.91 Å². The van der Waals surface area contributed by atoms with Crippen LogP contribution in [0.4, 0.5) is 5.82 Å². The molecule has 10 nitrogen and oxygen atoms in total. The maximum absolute atomic E-state index is 13.5. The summed E-state index contributed by atoms with van der Waals surface area (Å²) in [5.74, 6) is 0.722. The van der Waals surface area contributed by atoms with Crippen LogP contribution in [0.2, 0.25) is 5.15 Å². The van der Waals surface area contributed by atoms with Crippen LogP contribution in [0.15, 0.2) is 36.7 Å². The van der Waals surface area contributed by atoms with E-state index in [9.17, 15) is 4.79 Å². The quantitative estimate of drug-likeness (QED) is 0.363. The molecule has 37 heavy (non-hydrogen) atoms. The minimum atomic E-state index is -0.803. The third-order valence-corrected chi connectivity index (χ3v) is 6.69. The third-order valence-electron chi connectivity index (χ3n) is 6.50. The Hall–Kier alpha value is -3.92. The largest absolute Gasteiger partial charge is 0.382 e. The fourth-order valence-corrected chi connectivity index (χ4v) is 4.54. The third kappa shape index (κ3) is 5.01. The zero-order valence-corrected chi connectivity index (χ0v) is 21.9. The molecule has 0 saturated heterocycles. The van der Waals surface area contributed by atoms with Gasteiger partial charge in [-0.05, 0) is 57.9 Å². The highest BCUT2D eigenvalue weighted by Crippen LogP contribution is 2.35. The number of pyridine rings is 1. The molecule has 1 aliphatic carbocycles. The number of nitrogen functional groups attached to an aromatic ring is 1. The lowest BCUT2D eigenvalue weighted by Gasteiger charge is -2.28. The van der Waals surface area contributed by atoms with E-state index >= 15 is 0 Å². The Bertz CT molecular complexity index is 1470. The molecule has 1 amide bonds. The number of rotatable bonds is 6. The van der Waals surface area contributed by atoms with Gasteiger partial charge in [0.15, 0.2) is 11.5 Å². The molecule has 4 aromatic heterocycles. The molecule has 1 saturated carbocycles. The lowest BCUT2D eigenvalue weighted by Crippen LogP contribution is -2.42. The average Bonchev–Trinajstić information content (AvgIpc) is 3.23. The van der Waals surface area contributed by atoms with Gasteiger partial charge in [-0.25, -0.2) is 24.9 Å². The molecule has 0 bridgehead atoms. The van der Waals surface area contributed by atoms with Gasteiger partial charge in [-0.15, -0.1) is 0 Å². The molecule has 11 heteroatoms. The summed E-state index contributed by atoms with van der Waals surface area (Å²) >= 11 is 6.25. The Labute approximate surface area is 219 Å². The van der Waals surface area contributed by atoms with Crippen molar-refractivity contribution in [3.05, 3.63) is 64.7 Å². The van der Waals surface area contributed by atoms with E-state index in [1.165, 1.54) is 6.42 Å². The van der Waals surface area contributed by atoms with E-state index in [0.29, 0.717) is 45.1 Å². The van der Waals surface area contributed by atoms with E-state index in [1.54, 1.807) is 36.3 Å². The highest BCUT2D eigenvalue weighted by Gasteiger charge is 2.30. The SMILES string of the molecule is Cc1cc(-c2nc(C(=O)NC(C)(C)c3ccnc(C4CCC4)n3)c(N)nc2-c2ccn(C)n2)cc(Cl)n1. The first kappa shape index (κ1) is 24.8. The molecular formula is C26H28ClN9O. The highest BCUT2D eigenvalue weighted by atomic mass is 35.5. The molecule has 4 aromatic rings. The number of amides is 1. The van der Waals surface area contributed by atoms with Crippen molar-refractivity contribution in [1.29, 1.82) is 0 Å². The molecule has 3 N–H and O–H groups in total. The summed E-state index contributed by atoms with van der Waals surface area (Å²) in [6, 6.07) is 7.12. The predicted octanol–water partition coefficient (Wildman–Crippen LogP) is 4.21. The molecule has 1 aliphatic rings. The number of nitrogens with one attached hydrogen (secondary N) is 1. The molecule has 0 unspecified atom stereocenters. The first-order chi connectivity index (χ1) is 17.6. The number of halogens is 1. The van der Waals surface area contributed by atoms with E-state index in [-0.39, 0.29) is 11.5 Å². The van der Waals surface area contributed by atoms with Gasteiger partial charge in [0.1, 0.15) is 22.4 Å². The molecule has 5 rings (SSSR count). The Morgan fingerprint density at radius 1 is 1.14 bits per heavy atom. The van der Waals surface area contributed by atoms with Gasteiger partial charge >= 0.3 is 0 Å². The second kappa shape index (κ2) is 9.51. The molecule has 4 heterocycles. The smallest absolute Gasteiger partial charge is 0.274 e. The number of nitrogens with zero attached hydrogens (tertiary/aromatic N) is 7. The number of hydrogen-bond acceptors (Lipinski definition) is 8. The number of anilines is 1. The van der Waals surface area contributed by atoms with E-state index in [0.717, 1.165) is 18.7 Å². The van der Waals surface area contributed by atoms with Crippen molar-refractivity contribution in [3.8, 4) is 22.6 Å². The number of aromatic nitrogens is 7. The van der Waals surface area contributed by atoms with E-state index in [2.05, 4.69) is 30.4 Å². The van der Waals surface area contributed by atoms with Gasteiger partial charge in [0.2, 0.25) is 0 Å². The van der Waals surface area contributed by atoms with Crippen molar-refractivity contribution in [1.82, 2.24) is 40.0 Å². The number of carbonyl (C=O) groups is 1. The van der Waals surface area contributed by atoms with E-state index in [4.69, 9.17) is 22.3 Å². The second-order valence-corrected chi connectivity index (χ2v) is 10.2. The summed E-state index contributed by atoms with van der Waals surface area (Å²) in [5, 5.41) is 7.79. The summed E-state index contributed by atoms with van der Waals surface area (Å²) in [5.41, 5.74) is 8.99. The van der Waals surface area contributed by atoms with Gasteiger partial charge in [-0.1, -0.05) is 18.0 Å². The number of carbonyl (C=O) groups excluding carboxylic acids is 1. The standard InChI is InChI=1S/C26H28ClN9O/c1-14-12-16(13-19(27)30-14)20-21(17-9-11-36(4)35-17)33-23(28)22(32-20)25(37)34-26(2,3)18-8-10-29-24(31-18)15-6-5-7-15/h8-13,15H,5-7H2,1-4H3,(H2,28,33)(H,34,37). The van der Waals surface area contributed by atoms with Crippen LogP contribution in [-0.4, -0.2) is 40.6 Å². The topological polar surface area (TPSA) is 137 Å². The normalized spacial score (nSPS) is 13.9. The zero-order valence-electron chi connectivity index (χ0n) is 21.2. The first-order valence-electron chi connectivity index (χ1n) is 12.1. The maximum Gasteiger partial charge on any atom is 0.274 e. The maximum atomic E-state index is 13.5. The van der Waals surface area contributed by atoms with Crippen LogP contribution >= 0.6 is 11.6 Å². The minimum Gasteiger partial charge on any atom is -0.382 e. The summed E-state index contributed by atoms with van der Waals surface area (Å²) in [6.07, 6.45) is 6.91. The van der Waals surface area contributed by atoms with Gasteiger partial charge < -0.3 is 11.1 Å². The average molecular weight is 518 g/mol. The molecule has 0 aliphatic heterocycles. The Morgan fingerprint density at radius 2 is 1.92 bits per heavy atom. The predicted molar refractivity (Wildman–Crippen MR) is 141 cm³/mol. The van der Waals surface area contributed by atoms with Crippen LogP contribution in [0.5, 0.6) is 0 Å². The minimum absolute atomic E-state index is 0.00150. The van der Waals surface area contributed by atoms with Gasteiger partial charge in [0.05, 0.1) is 16.9 Å². The van der Waals surface area contributed by atoms with Crippen molar-refractivity contribution in [2.75, 3.05) is 5.73 Å². The van der Waals surface area contributed by atoms with Crippen molar-refractivity contribution in [2.45, 2.75) is 51.5 Å². The molecule has 0 spiro atoms. The summed E-state index contributed by atoms with van der Waals surface area (Å²) in [4.78, 5) is 36.2. The summed E-state index contributed by atoms with van der Waals surface area (Å²) in [6.45, 7) is 5.60. The van der Waals surface area contributed by atoms with Gasteiger partial charge in [-0.3, -0.25) is 9.48 Å². The van der Waals surface area contributed by atoms with Crippen LogP contribution < -0.4 is 11.1 Å². The molecule has 0 aromatic carbocycles. The summed E-state index contributed by atoms with van der Waals surface area (Å²) in [7, 11) is 1.81. The van der Waals surface area contributed by atoms with Crippen LogP contribution in [-0.2, 0) is 12.6 Å². The Morgan fingerprint density at radius 3 is 2.57 bits per heavy atom. The fourth-order valence-electron chi connectivity index (χ4n) is 4.29. The van der Waals surface area contributed by atoms with Crippen molar-refractivity contribution in [2.24, 2.45) is 7.05 Å². The van der Waals surface area contributed by atoms with Crippen molar-refractivity contribution in [3.63, 3.8) is 0 Å². The fraction of sp³-hybridized carbons (Fsp3) is 0.346. The summed E-state index contributed by atoms with van der Waals surface area (Å²) < 4.78 is 1.66. The number of nitrogens with two attached hydrogens (primary N) is 1. The van der Waals surface area contributed by atoms with Crippen LogP contribution in [0.25, 0.3) is 22.6 Å². The van der Waals surface area contributed by atoms with Gasteiger partial charge in [0, 0.05) is 36.6 Å². The number of hydrogen-bond donors (Lipinski definition) is 2. The van der Waals surface area contributed by atoms with Crippen LogP contribution in [0.1, 0.15) is 66.7 Å². The van der Waals surface area contributed by atoms with Crippen LogP contribution in [0.3, 0.4) is 0 Å². The molecular weight excluding hydrogens is 490 g/mol. The zero-order chi connectivity index (χ0) is 26.3. The molecule has 190 valence electrons. The van der Waals surface area contributed by atoms with E-state index < -0.39 is 11.4 Å². The second-order valence-electron chi connectivity index (χ2n) is 9.86. The molecule has 1 fully saturated rings. The number of aryl methyl sites for hydroxylation is 2.